The Morgan fingerprint density at radius 2 is 1.90 bits per heavy atom. The molecule has 3 rings (SSSR count). The number of halogens is 2. The maximum atomic E-state index is 13.3. The Kier molecular flexibility index (Phi) is 7.42. The summed E-state index contributed by atoms with van der Waals surface area (Å²) in [7, 11) is 0. The van der Waals surface area contributed by atoms with Crippen LogP contribution in [0.3, 0.4) is 0 Å². The average Bonchev–Trinajstić information content (AvgIpc) is 2.77. The highest BCUT2D eigenvalue weighted by Crippen LogP contribution is 2.27. The van der Waals surface area contributed by atoms with Crippen LogP contribution in [0.15, 0.2) is 72.3 Å². The summed E-state index contributed by atoms with van der Waals surface area (Å²) >= 11 is 6.28. The molecular weight excluding hydrogens is 415 g/mol. The molecule has 0 aliphatic carbocycles. The first-order chi connectivity index (χ1) is 15.0. The lowest BCUT2D eigenvalue weighted by Crippen LogP contribution is -2.13. The molecule has 0 spiro atoms. The van der Waals surface area contributed by atoms with Gasteiger partial charge in [0.1, 0.15) is 29.8 Å². The number of nitriles is 1. The fourth-order valence-electron chi connectivity index (χ4n) is 2.85. The topological polar surface area (TPSA) is 62.1 Å². The van der Waals surface area contributed by atoms with Crippen molar-refractivity contribution in [3.8, 4) is 11.8 Å². The van der Waals surface area contributed by atoms with Crippen LogP contribution in [0.2, 0.25) is 5.02 Å². The zero-order chi connectivity index (χ0) is 22.2. The number of hydrogen-bond acceptors (Lipinski definition) is 3. The SMILES string of the molecule is CCc1ccc(NC(=O)/C(C#N)=C/c2ccc(OCc3cccc(F)c3)c(Cl)c2)cc1. The van der Waals surface area contributed by atoms with Crippen LogP contribution in [0.5, 0.6) is 5.75 Å². The van der Waals surface area contributed by atoms with E-state index in [1.165, 1.54) is 18.2 Å². The van der Waals surface area contributed by atoms with Crippen LogP contribution in [0.4, 0.5) is 10.1 Å². The molecule has 1 amide bonds. The van der Waals surface area contributed by atoms with Gasteiger partial charge in [0.15, 0.2) is 0 Å². The van der Waals surface area contributed by atoms with Crippen LogP contribution < -0.4 is 10.1 Å². The molecule has 0 bridgehead atoms. The van der Waals surface area contributed by atoms with Crippen molar-refractivity contribution in [3.63, 3.8) is 0 Å². The molecular formula is C25H20ClFN2O2. The predicted octanol–water partition coefficient (Wildman–Crippen LogP) is 6.17. The third-order valence-electron chi connectivity index (χ3n) is 4.54. The molecule has 0 atom stereocenters. The molecule has 31 heavy (non-hydrogen) atoms. The van der Waals surface area contributed by atoms with Crippen LogP contribution in [0, 0.1) is 17.1 Å². The molecule has 4 nitrogen and oxygen atoms in total. The Labute approximate surface area is 185 Å². The number of nitrogens with zero attached hydrogens (tertiary/aromatic N) is 1. The maximum absolute atomic E-state index is 13.3. The van der Waals surface area contributed by atoms with E-state index in [4.69, 9.17) is 16.3 Å². The first-order valence-corrected chi connectivity index (χ1v) is 10.0. The van der Waals surface area contributed by atoms with Crippen LogP contribution in [-0.4, -0.2) is 5.91 Å². The Hall–Kier alpha value is -3.62. The molecule has 3 aromatic carbocycles. The lowest BCUT2D eigenvalue weighted by molar-refractivity contribution is -0.112. The minimum atomic E-state index is -0.505. The third kappa shape index (κ3) is 6.18. The lowest BCUT2D eigenvalue weighted by Gasteiger charge is -2.09. The number of nitrogens with one attached hydrogen (secondary N) is 1. The summed E-state index contributed by atoms with van der Waals surface area (Å²) < 4.78 is 18.9. The molecule has 1 N–H and O–H groups in total. The van der Waals surface area contributed by atoms with Gasteiger partial charge in [-0.15, -0.1) is 0 Å². The summed E-state index contributed by atoms with van der Waals surface area (Å²) in [6.45, 7) is 2.21. The number of ether oxygens (including phenoxy) is 1. The lowest BCUT2D eigenvalue weighted by atomic mass is 10.1. The summed E-state index contributed by atoms with van der Waals surface area (Å²) in [6, 6.07) is 20.4. The van der Waals surface area contributed by atoms with Gasteiger partial charge in [-0.2, -0.15) is 5.26 Å². The third-order valence-corrected chi connectivity index (χ3v) is 4.83. The first-order valence-electron chi connectivity index (χ1n) is 9.67. The van der Waals surface area contributed by atoms with E-state index in [0.29, 0.717) is 27.6 Å². The summed E-state index contributed by atoms with van der Waals surface area (Å²) in [4.78, 5) is 12.5. The van der Waals surface area contributed by atoms with Crippen molar-refractivity contribution in [2.24, 2.45) is 0 Å². The van der Waals surface area contributed by atoms with E-state index in [-0.39, 0.29) is 18.0 Å². The highest BCUT2D eigenvalue weighted by atomic mass is 35.5. The van der Waals surface area contributed by atoms with Gasteiger partial charge in [-0.05, 0) is 65.6 Å². The van der Waals surface area contributed by atoms with Crippen LogP contribution in [0.25, 0.3) is 6.08 Å². The van der Waals surface area contributed by atoms with E-state index < -0.39 is 5.91 Å². The second kappa shape index (κ2) is 10.4. The van der Waals surface area contributed by atoms with Crippen molar-refractivity contribution in [2.45, 2.75) is 20.0 Å². The van der Waals surface area contributed by atoms with Crippen molar-refractivity contribution in [3.05, 3.63) is 99.8 Å². The second-order valence-corrected chi connectivity index (χ2v) is 7.19. The fourth-order valence-corrected chi connectivity index (χ4v) is 3.09. The Morgan fingerprint density at radius 1 is 1.13 bits per heavy atom. The quantitative estimate of drug-likeness (QED) is 0.357. The van der Waals surface area contributed by atoms with Gasteiger partial charge < -0.3 is 10.1 Å². The smallest absolute Gasteiger partial charge is 0.266 e. The van der Waals surface area contributed by atoms with Crippen molar-refractivity contribution in [2.75, 3.05) is 5.32 Å². The fraction of sp³-hybridized carbons (Fsp3) is 0.120. The maximum Gasteiger partial charge on any atom is 0.266 e. The van der Waals surface area contributed by atoms with E-state index in [9.17, 15) is 14.4 Å². The standard InChI is InChI=1S/C25H20ClFN2O2/c1-2-17-6-9-22(10-7-17)29-25(30)20(15-28)12-18-8-11-24(23(26)14-18)31-16-19-4-3-5-21(27)13-19/h3-14H,2,16H2,1H3,(H,29,30)/b20-12+. The van der Waals surface area contributed by atoms with Gasteiger partial charge in [-0.25, -0.2) is 4.39 Å². The van der Waals surface area contributed by atoms with Gasteiger partial charge in [-0.3, -0.25) is 4.79 Å². The molecule has 156 valence electrons. The average molecular weight is 435 g/mol. The molecule has 0 heterocycles. The summed E-state index contributed by atoms with van der Waals surface area (Å²) in [5.41, 5.74) is 2.97. The second-order valence-electron chi connectivity index (χ2n) is 6.78. The van der Waals surface area contributed by atoms with Crippen molar-refractivity contribution in [1.29, 1.82) is 5.26 Å². The number of hydrogen-bond donors (Lipinski definition) is 1. The molecule has 0 aliphatic rings. The Balaban J connectivity index is 1.69. The van der Waals surface area contributed by atoms with Crippen LogP contribution in [0.1, 0.15) is 23.6 Å². The van der Waals surface area contributed by atoms with E-state index in [1.807, 2.05) is 25.1 Å². The Morgan fingerprint density at radius 3 is 2.55 bits per heavy atom. The summed E-state index contributed by atoms with van der Waals surface area (Å²) in [5.74, 6) is -0.423. The van der Waals surface area contributed by atoms with E-state index in [0.717, 1.165) is 12.0 Å². The van der Waals surface area contributed by atoms with E-state index in [2.05, 4.69) is 5.32 Å². The molecule has 6 heteroatoms. The number of amides is 1. The number of carbonyl (C=O) groups excluding carboxylic acids is 1. The van der Waals surface area contributed by atoms with Crippen LogP contribution in [-0.2, 0) is 17.8 Å². The molecule has 3 aromatic rings. The minimum absolute atomic E-state index is 0.0518. The van der Waals surface area contributed by atoms with Crippen LogP contribution >= 0.6 is 11.6 Å². The molecule has 0 aromatic heterocycles. The Bertz CT molecular complexity index is 1150. The van der Waals surface area contributed by atoms with Gasteiger partial charge in [0.25, 0.3) is 5.91 Å². The first kappa shape index (κ1) is 22.1. The normalized spacial score (nSPS) is 11.0. The number of benzene rings is 3. The molecule has 0 fully saturated rings. The summed E-state index contributed by atoms with van der Waals surface area (Å²) in [5, 5.41) is 12.4. The molecule has 0 saturated heterocycles. The monoisotopic (exact) mass is 434 g/mol. The summed E-state index contributed by atoms with van der Waals surface area (Å²) in [6.07, 6.45) is 2.36. The number of aryl methyl sites for hydroxylation is 1. The van der Waals surface area contributed by atoms with Gasteiger partial charge in [0, 0.05) is 5.69 Å². The van der Waals surface area contributed by atoms with Gasteiger partial charge in [0.05, 0.1) is 5.02 Å². The van der Waals surface area contributed by atoms with Gasteiger partial charge in [0.2, 0.25) is 0 Å². The molecule has 0 aliphatic heterocycles. The minimum Gasteiger partial charge on any atom is -0.487 e. The molecule has 0 unspecified atom stereocenters. The molecule has 0 radical (unpaired) electrons. The number of rotatable bonds is 7. The van der Waals surface area contributed by atoms with Gasteiger partial charge in [-0.1, -0.05) is 48.9 Å². The van der Waals surface area contributed by atoms with Crippen molar-refractivity contribution < 1.29 is 13.9 Å². The van der Waals surface area contributed by atoms with Crippen molar-refractivity contribution in [1.82, 2.24) is 0 Å². The zero-order valence-corrected chi connectivity index (χ0v) is 17.6. The highest BCUT2D eigenvalue weighted by molar-refractivity contribution is 6.32. The number of anilines is 1. The predicted molar refractivity (Wildman–Crippen MR) is 120 cm³/mol. The van der Waals surface area contributed by atoms with Gasteiger partial charge >= 0.3 is 0 Å². The number of carbonyl (C=O) groups is 1. The van der Waals surface area contributed by atoms with E-state index >= 15 is 0 Å². The van der Waals surface area contributed by atoms with Crippen molar-refractivity contribution >= 4 is 29.3 Å². The largest absolute Gasteiger partial charge is 0.487 e. The highest BCUT2D eigenvalue weighted by Gasteiger charge is 2.11. The van der Waals surface area contributed by atoms with E-state index in [1.54, 1.807) is 42.5 Å². The molecule has 0 saturated carbocycles. The zero-order valence-electron chi connectivity index (χ0n) is 16.9.